The highest BCUT2D eigenvalue weighted by molar-refractivity contribution is 5.93. The number of benzene rings is 1. The first kappa shape index (κ1) is 18.2. The van der Waals surface area contributed by atoms with Crippen LogP contribution in [0.1, 0.15) is 51.9 Å². The van der Waals surface area contributed by atoms with Gasteiger partial charge in [0.25, 0.3) is 0 Å². The molecule has 0 bridgehead atoms. The molecule has 1 aromatic carbocycles. The molecule has 25 heavy (non-hydrogen) atoms. The van der Waals surface area contributed by atoms with Crippen molar-refractivity contribution in [2.75, 3.05) is 24.5 Å². The topological polar surface area (TPSA) is 23.6 Å². The number of allylic oxidation sites excluding steroid dienone is 2. The fourth-order valence-corrected chi connectivity index (χ4v) is 4.20. The van der Waals surface area contributed by atoms with Crippen LogP contribution in [0.5, 0.6) is 0 Å². The summed E-state index contributed by atoms with van der Waals surface area (Å²) in [6, 6.07) is 10.6. The number of hydrogen-bond donors (Lipinski definition) is 0. The molecular weight excluding hydrogens is 308 g/mol. The number of anilines is 1. The SMILES string of the molecule is CCC(=O)N(c1ccccc1)C1CCN(CCC2CC=CCC2)CC1. The van der Waals surface area contributed by atoms with Crippen LogP contribution in [0.3, 0.4) is 0 Å². The minimum Gasteiger partial charge on any atom is -0.309 e. The number of piperidine rings is 1. The van der Waals surface area contributed by atoms with Gasteiger partial charge in [0.05, 0.1) is 0 Å². The molecule has 1 fully saturated rings. The van der Waals surface area contributed by atoms with Gasteiger partial charge in [0.1, 0.15) is 0 Å². The molecule has 1 heterocycles. The lowest BCUT2D eigenvalue weighted by molar-refractivity contribution is -0.119. The minimum atomic E-state index is 0.249. The van der Waals surface area contributed by atoms with Crippen molar-refractivity contribution in [1.82, 2.24) is 4.90 Å². The maximum absolute atomic E-state index is 12.5. The van der Waals surface area contributed by atoms with Crippen molar-refractivity contribution in [2.45, 2.75) is 57.9 Å². The number of amides is 1. The molecule has 1 unspecified atom stereocenters. The van der Waals surface area contributed by atoms with Crippen molar-refractivity contribution >= 4 is 11.6 Å². The molecule has 3 nitrogen and oxygen atoms in total. The molecule has 0 radical (unpaired) electrons. The molecule has 1 aromatic rings. The van der Waals surface area contributed by atoms with Gasteiger partial charge in [0.15, 0.2) is 0 Å². The Hall–Kier alpha value is -1.61. The highest BCUT2D eigenvalue weighted by Crippen LogP contribution is 2.26. The largest absolute Gasteiger partial charge is 0.309 e. The Bertz CT molecular complexity index is 561. The first-order chi connectivity index (χ1) is 12.3. The summed E-state index contributed by atoms with van der Waals surface area (Å²) in [6.07, 6.45) is 12.6. The zero-order valence-corrected chi connectivity index (χ0v) is 15.6. The van der Waals surface area contributed by atoms with Gasteiger partial charge in [-0.05, 0) is 63.1 Å². The molecule has 0 aromatic heterocycles. The van der Waals surface area contributed by atoms with Crippen LogP contribution in [0.25, 0.3) is 0 Å². The van der Waals surface area contributed by atoms with Crippen LogP contribution in [0.4, 0.5) is 5.69 Å². The Morgan fingerprint density at radius 2 is 1.88 bits per heavy atom. The van der Waals surface area contributed by atoms with E-state index in [2.05, 4.69) is 34.1 Å². The van der Waals surface area contributed by atoms with E-state index >= 15 is 0 Å². The van der Waals surface area contributed by atoms with Gasteiger partial charge >= 0.3 is 0 Å². The summed E-state index contributed by atoms with van der Waals surface area (Å²) in [4.78, 5) is 17.2. The second-order valence-corrected chi connectivity index (χ2v) is 7.46. The zero-order valence-electron chi connectivity index (χ0n) is 15.6. The van der Waals surface area contributed by atoms with Crippen molar-refractivity contribution in [3.63, 3.8) is 0 Å². The summed E-state index contributed by atoms with van der Waals surface area (Å²) >= 11 is 0. The molecule has 1 aliphatic carbocycles. The number of hydrogen-bond acceptors (Lipinski definition) is 2. The van der Waals surface area contributed by atoms with Gasteiger partial charge in [-0.25, -0.2) is 0 Å². The fourth-order valence-electron chi connectivity index (χ4n) is 4.20. The average molecular weight is 341 g/mol. The molecule has 1 atom stereocenters. The van der Waals surface area contributed by atoms with Crippen LogP contribution in [-0.4, -0.2) is 36.5 Å². The molecule has 136 valence electrons. The third kappa shape index (κ3) is 4.94. The summed E-state index contributed by atoms with van der Waals surface area (Å²) in [5, 5.41) is 0. The van der Waals surface area contributed by atoms with E-state index < -0.39 is 0 Å². The van der Waals surface area contributed by atoms with E-state index in [-0.39, 0.29) is 5.91 Å². The van der Waals surface area contributed by atoms with E-state index in [9.17, 15) is 4.79 Å². The van der Waals surface area contributed by atoms with Crippen molar-refractivity contribution in [3.05, 3.63) is 42.5 Å². The lowest BCUT2D eigenvalue weighted by Crippen LogP contribution is -2.47. The van der Waals surface area contributed by atoms with E-state index in [1.165, 1.54) is 32.2 Å². The number of carbonyl (C=O) groups is 1. The predicted molar refractivity (Wildman–Crippen MR) is 105 cm³/mol. The van der Waals surface area contributed by atoms with Crippen molar-refractivity contribution in [3.8, 4) is 0 Å². The summed E-state index contributed by atoms with van der Waals surface area (Å²) in [5.41, 5.74) is 1.06. The molecule has 0 spiro atoms. The van der Waals surface area contributed by atoms with Crippen LogP contribution in [-0.2, 0) is 4.79 Å². The average Bonchev–Trinajstić information content (AvgIpc) is 2.69. The first-order valence-corrected chi connectivity index (χ1v) is 10.0. The second kappa shape index (κ2) is 9.19. The van der Waals surface area contributed by atoms with Gasteiger partial charge in [-0.15, -0.1) is 0 Å². The maximum atomic E-state index is 12.5. The monoisotopic (exact) mass is 340 g/mol. The second-order valence-electron chi connectivity index (χ2n) is 7.46. The molecular formula is C22H32N2O. The van der Waals surface area contributed by atoms with Crippen LogP contribution in [0, 0.1) is 5.92 Å². The van der Waals surface area contributed by atoms with E-state index in [1.54, 1.807) is 0 Å². The molecule has 1 saturated heterocycles. The van der Waals surface area contributed by atoms with Crippen LogP contribution in [0.15, 0.2) is 42.5 Å². The molecule has 0 N–H and O–H groups in total. The quantitative estimate of drug-likeness (QED) is 0.704. The van der Waals surface area contributed by atoms with Gasteiger partial charge in [-0.3, -0.25) is 4.79 Å². The number of likely N-dealkylation sites (tertiary alicyclic amines) is 1. The van der Waals surface area contributed by atoms with Crippen LogP contribution >= 0.6 is 0 Å². The molecule has 0 saturated carbocycles. The highest BCUT2D eigenvalue weighted by atomic mass is 16.2. The number of nitrogens with zero attached hydrogens (tertiary/aromatic N) is 2. The highest BCUT2D eigenvalue weighted by Gasteiger charge is 2.28. The smallest absolute Gasteiger partial charge is 0.226 e. The predicted octanol–water partition coefficient (Wildman–Crippen LogP) is 4.64. The van der Waals surface area contributed by atoms with E-state index in [0.717, 1.165) is 37.5 Å². The van der Waals surface area contributed by atoms with Gasteiger partial charge in [0, 0.05) is 31.2 Å². The molecule has 2 aliphatic rings. The lowest BCUT2D eigenvalue weighted by atomic mass is 9.91. The van der Waals surface area contributed by atoms with Gasteiger partial charge in [-0.2, -0.15) is 0 Å². The van der Waals surface area contributed by atoms with E-state index in [4.69, 9.17) is 0 Å². The van der Waals surface area contributed by atoms with Gasteiger partial charge in [-0.1, -0.05) is 37.3 Å². The summed E-state index contributed by atoms with van der Waals surface area (Å²) in [7, 11) is 0. The summed E-state index contributed by atoms with van der Waals surface area (Å²) in [6.45, 7) is 5.42. The van der Waals surface area contributed by atoms with Crippen molar-refractivity contribution < 1.29 is 4.79 Å². The fraction of sp³-hybridized carbons (Fsp3) is 0.591. The van der Waals surface area contributed by atoms with Gasteiger partial charge in [0.2, 0.25) is 5.91 Å². The minimum absolute atomic E-state index is 0.249. The summed E-state index contributed by atoms with van der Waals surface area (Å²) in [5.74, 6) is 1.13. The number of para-hydroxylation sites is 1. The number of rotatable bonds is 6. The lowest BCUT2D eigenvalue weighted by Gasteiger charge is -2.39. The first-order valence-electron chi connectivity index (χ1n) is 10.0. The third-order valence-electron chi connectivity index (χ3n) is 5.76. The van der Waals surface area contributed by atoms with E-state index in [1.807, 2.05) is 25.1 Å². The molecule has 1 amide bonds. The third-order valence-corrected chi connectivity index (χ3v) is 5.76. The molecule has 1 aliphatic heterocycles. The molecule has 3 heteroatoms. The standard InChI is InChI=1S/C22H32N2O/c1-2-22(25)24(20-11-7-4-8-12-20)21-14-17-23(18-15-21)16-13-19-9-5-3-6-10-19/h3-5,7-8,11-12,19,21H,2,6,9-10,13-18H2,1H3. The maximum Gasteiger partial charge on any atom is 0.226 e. The Morgan fingerprint density at radius 3 is 2.52 bits per heavy atom. The number of carbonyl (C=O) groups excluding carboxylic acids is 1. The van der Waals surface area contributed by atoms with Crippen LogP contribution < -0.4 is 4.90 Å². The summed E-state index contributed by atoms with van der Waals surface area (Å²) < 4.78 is 0. The zero-order chi connectivity index (χ0) is 17.5. The van der Waals surface area contributed by atoms with Crippen LogP contribution in [0.2, 0.25) is 0 Å². The van der Waals surface area contributed by atoms with Crippen molar-refractivity contribution in [1.29, 1.82) is 0 Å². The Labute approximate surface area is 152 Å². The molecule has 3 rings (SSSR count). The van der Waals surface area contributed by atoms with Crippen molar-refractivity contribution in [2.24, 2.45) is 5.92 Å². The Kier molecular flexibility index (Phi) is 6.69. The van der Waals surface area contributed by atoms with Gasteiger partial charge < -0.3 is 9.80 Å². The van der Waals surface area contributed by atoms with E-state index in [0.29, 0.717) is 12.5 Å². The normalized spacial score (nSPS) is 22.0. The Morgan fingerprint density at radius 1 is 1.12 bits per heavy atom. The Balaban J connectivity index is 1.52.